The number of anilines is 1. The Morgan fingerprint density at radius 2 is 2.12 bits per heavy atom. The highest BCUT2D eigenvalue weighted by atomic mass is 32.1. The van der Waals surface area contributed by atoms with Gasteiger partial charge in [0.1, 0.15) is 5.75 Å². The van der Waals surface area contributed by atoms with Crippen LogP contribution in [-0.4, -0.2) is 10.0 Å². The van der Waals surface area contributed by atoms with Crippen molar-refractivity contribution in [3.8, 4) is 16.9 Å². The highest BCUT2D eigenvalue weighted by Crippen LogP contribution is 2.41. The van der Waals surface area contributed by atoms with E-state index in [-0.39, 0.29) is 11.4 Å². The summed E-state index contributed by atoms with van der Waals surface area (Å²) in [5.74, 6) is -0.0542. The lowest BCUT2D eigenvalue weighted by Gasteiger charge is -2.05. The van der Waals surface area contributed by atoms with Crippen molar-refractivity contribution in [1.29, 1.82) is 0 Å². The topological polar surface area (TPSA) is 89.4 Å². The number of hydrogen-bond acceptors (Lipinski definition) is 5. The zero-order chi connectivity index (χ0) is 11.7. The van der Waals surface area contributed by atoms with Crippen LogP contribution in [0.5, 0.6) is 5.75 Å². The third kappa shape index (κ3) is 1.59. The summed E-state index contributed by atoms with van der Waals surface area (Å²) in [5.41, 5.74) is 6.65. The largest absolute Gasteiger partial charge is 0.507 e. The van der Waals surface area contributed by atoms with Gasteiger partial charge in [-0.25, -0.2) is 0 Å². The molecule has 1 aromatic heterocycles. The average Bonchev–Trinajstić information content (AvgIpc) is 2.66. The van der Waals surface area contributed by atoms with E-state index in [1.54, 1.807) is 17.5 Å². The Morgan fingerprint density at radius 3 is 2.75 bits per heavy atom. The van der Waals surface area contributed by atoms with E-state index >= 15 is 0 Å². The van der Waals surface area contributed by atoms with Gasteiger partial charge in [-0.2, -0.15) is 0 Å². The number of nitrogens with two attached hydrogens (primary N) is 1. The molecule has 2 rings (SSSR count). The van der Waals surface area contributed by atoms with E-state index in [1.807, 2.05) is 0 Å². The molecule has 0 atom stereocenters. The van der Waals surface area contributed by atoms with Crippen LogP contribution in [0.15, 0.2) is 29.0 Å². The van der Waals surface area contributed by atoms with Crippen molar-refractivity contribution in [2.75, 3.05) is 5.73 Å². The fourth-order valence-electron chi connectivity index (χ4n) is 1.47. The lowest BCUT2D eigenvalue weighted by atomic mass is 10.0. The van der Waals surface area contributed by atoms with Crippen LogP contribution in [0, 0.1) is 10.1 Å². The van der Waals surface area contributed by atoms with Crippen LogP contribution in [0.1, 0.15) is 0 Å². The molecule has 2 aromatic rings. The van der Waals surface area contributed by atoms with E-state index in [2.05, 4.69) is 0 Å². The summed E-state index contributed by atoms with van der Waals surface area (Å²) in [6, 6.07) is 4.63. The summed E-state index contributed by atoms with van der Waals surface area (Å²) in [5, 5.41) is 23.5. The Kier molecular flexibility index (Phi) is 2.49. The smallest absolute Gasteiger partial charge is 0.288 e. The number of nitrogen functional groups attached to an aromatic ring is 1. The number of nitrogens with zero attached hydrogens (tertiary/aromatic N) is 1. The monoisotopic (exact) mass is 236 g/mol. The zero-order valence-corrected chi connectivity index (χ0v) is 8.90. The number of phenolic OH excluding ortho intramolecular Hbond substituents is 1. The fraction of sp³-hybridized carbons (Fsp3) is 0. The number of phenols is 1. The first-order chi connectivity index (χ1) is 7.61. The second-order valence-corrected chi connectivity index (χ2v) is 3.91. The molecule has 0 saturated carbocycles. The molecule has 16 heavy (non-hydrogen) atoms. The predicted octanol–water partition coefficient (Wildman–Crippen LogP) is 2.61. The molecule has 0 aliphatic rings. The Bertz CT molecular complexity index is 530. The van der Waals surface area contributed by atoms with E-state index in [4.69, 9.17) is 5.73 Å². The predicted molar refractivity (Wildman–Crippen MR) is 62.5 cm³/mol. The van der Waals surface area contributed by atoms with Crippen LogP contribution < -0.4 is 5.73 Å². The third-order valence-electron chi connectivity index (χ3n) is 2.18. The Morgan fingerprint density at radius 1 is 1.38 bits per heavy atom. The van der Waals surface area contributed by atoms with Crippen LogP contribution in [-0.2, 0) is 0 Å². The quantitative estimate of drug-likeness (QED) is 0.476. The minimum atomic E-state index is -0.488. The lowest BCUT2D eigenvalue weighted by molar-refractivity contribution is -0.383. The van der Waals surface area contributed by atoms with Gasteiger partial charge >= 0.3 is 0 Å². The van der Waals surface area contributed by atoms with Gasteiger partial charge in [-0.15, -0.1) is 11.3 Å². The van der Waals surface area contributed by atoms with Crippen LogP contribution in [0.25, 0.3) is 11.1 Å². The summed E-state index contributed by atoms with van der Waals surface area (Å²) in [7, 11) is 0. The second kappa shape index (κ2) is 3.82. The van der Waals surface area contributed by atoms with Crippen LogP contribution >= 0.6 is 11.3 Å². The van der Waals surface area contributed by atoms with Crippen molar-refractivity contribution in [3.63, 3.8) is 0 Å². The van der Waals surface area contributed by atoms with Gasteiger partial charge in [-0.1, -0.05) is 6.07 Å². The fourth-order valence-corrected chi connectivity index (χ4v) is 2.25. The number of thiophene rings is 1. The third-order valence-corrected chi connectivity index (χ3v) is 2.91. The first-order valence-corrected chi connectivity index (χ1v) is 5.34. The molecule has 0 spiro atoms. The standard InChI is InChI=1S/C10H8N2O3S/c11-7-2-1-3-9(13)10(7)6-4-16-5-8(6)12(14)15/h1-5,13H,11H2. The lowest BCUT2D eigenvalue weighted by Crippen LogP contribution is -1.93. The molecule has 5 nitrogen and oxygen atoms in total. The van der Waals surface area contributed by atoms with Gasteiger partial charge in [0.2, 0.25) is 0 Å². The number of benzene rings is 1. The summed E-state index contributed by atoms with van der Waals surface area (Å²) in [6.45, 7) is 0. The first kappa shape index (κ1) is 10.4. The summed E-state index contributed by atoms with van der Waals surface area (Å²) >= 11 is 1.20. The van der Waals surface area contributed by atoms with Gasteiger partial charge in [0, 0.05) is 11.1 Å². The molecular formula is C10H8N2O3S. The van der Waals surface area contributed by atoms with Gasteiger partial charge in [-0.05, 0) is 12.1 Å². The van der Waals surface area contributed by atoms with Crippen molar-refractivity contribution in [3.05, 3.63) is 39.1 Å². The molecule has 3 N–H and O–H groups in total. The van der Waals surface area contributed by atoms with Crippen molar-refractivity contribution < 1.29 is 10.0 Å². The zero-order valence-electron chi connectivity index (χ0n) is 8.08. The molecule has 1 aromatic carbocycles. The molecule has 0 aliphatic heterocycles. The van der Waals surface area contributed by atoms with E-state index in [0.29, 0.717) is 16.8 Å². The maximum absolute atomic E-state index is 10.8. The minimum absolute atomic E-state index is 0.0433. The number of rotatable bonds is 2. The van der Waals surface area contributed by atoms with E-state index in [0.717, 1.165) is 0 Å². The Hall–Kier alpha value is -2.08. The Balaban J connectivity index is 2.68. The minimum Gasteiger partial charge on any atom is -0.507 e. The normalized spacial score (nSPS) is 10.2. The van der Waals surface area contributed by atoms with E-state index < -0.39 is 4.92 Å². The van der Waals surface area contributed by atoms with Gasteiger partial charge in [0.25, 0.3) is 5.69 Å². The molecule has 6 heteroatoms. The molecule has 0 saturated heterocycles. The van der Waals surface area contributed by atoms with Gasteiger partial charge in [-0.3, -0.25) is 10.1 Å². The molecule has 0 bridgehead atoms. The number of aromatic hydroxyl groups is 1. The molecular weight excluding hydrogens is 228 g/mol. The molecule has 0 radical (unpaired) electrons. The van der Waals surface area contributed by atoms with Gasteiger partial charge in [0.15, 0.2) is 0 Å². The maximum atomic E-state index is 10.8. The molecule has 0 fully saturated rings. The van der Waals surface area contributed by atoms with Crippen molar-refractivity contribution in [1.82, 2.24) is 0 Å². The molecule has 1 heterocycles. The number of hydrogen-bond donors (Lipinski definition) is 2. The van der Waals surface area contributed by atoms with Crippen molar-refractivity contribution in [2.45, 2.75) is 0 Å². The van der Waals surface area contributed by atoms with Crippen molar-refractivity contribution in [2.24, 2.45) is 0 Å². The number of nitro groups is 1. The first-order valence-electron chi connectivity index (χ1n) is 4.39. The molecule has 82 valence electrons. The van der Waals surface area contributed by atoms with Crippen LogP contribution in [0.4, 0.5) is 11.4 Å². The molecule has 0 unspecified atom stereocenters. The van der Waals surface area contributed by atoms with E-state index in [9.17, 15) is 15.2 Å². The molecule has 0 amide bonds. The highest BCUT2D eigenvalue weighted by molar-refractivity contribution is 7.08. The SMILES string of the molecule is Nc1cccc(O)c1-c1cscc1[N+](=O)[O-]. The van der Waals surface area contributed by atoms with Crippen LogP contribution in [0.3, 0.4) is 0 Å². The van der Waals surface area contributed by atoms with Crippen molar-refractivity contribution >= 4 is 22.7 Å². The summed E-state index contributed by atoms with van der Waals surface area (Å²) in [4.78, 5) is 10.3. The Labute approximate surface area is 94.9 Å². The van der Waals surface area contributed by atoms with E-state index in [1.165, 1.54) is 22.8 Å². The average molecular weight is 236 g/mol. The van der Waals surface area contributed by atoms with Gasteiger partial charge in [0.05, 0.1) is 21.4 Å². The second-order valence-electron chi connectivity index (χ2n) is 3.17. The maximum Gasteiger partial charge on any atom is 0.288 e. The van der Waals surface area contributed by atoms with Crippen LogP contribution in [0.2, 0.25) is 0 Å². The summed E-state index contributed by atoms with van der Waals surface area (Å²) < 4.78 is 0. The highest BCUT2D eigenvalue weighted by Gasteiger charge is 2.20. The summed E-state index contributed by atoms with van der Waals surface area (Å²) in [6.07, 6.45) is 0. The van der Waals surface area contributed by atoms with Gasteiger partial charge < -0.3 is 10.8 Å². The molecule has 0 aliphatic carbocycles.